The van der Waals surface area contributed by atoms with Crippen LogP contribution in [0.25, 0.3) is 10.4 Å². The zero-order chi connectivity index (χ0) is 19.4. The zero-order valence-corrected chi connectivity index (χ0v) is 15.7. The summed E-state index contributed by atoms with van der Waals surface area (Å²) in [5.74, 6) is 0.109. The number of carboxylic acid groups (broad SMARTS) is 1. The van der Waals surface area contributed by atoms with Crippen LogP contribution < -0.4 is 9.47 Å². The van der Waals surface area contributed by atoms with Crippen LogP contribution in [0.1, 0.15) is 26.3 Å². The van der Waals surface area contributed by atoms with E-state index in [1.165, 1.54) is 24.3 Å². The number of benzene rings is 2. The average molecular weight is 382 g/mol. The number of hydrogen-bond acceptors (Lipinski definition) is 5. The predicted molar refractivity (Wildman–Crippen MR) is 104 cm³/mol. The van der Waals surface area contributed by atoms with Gasteiger partial charge in [0.2, 0.25) is 0 Å². The SMILES string of the molecule is COc1cc(OC)c(-c2cccs2)cc1CC(=O)c1ccc(C(=O)O)cc1. The molecule has 1 N–H and O–H groups in total. The Morgan fingerprint density at radius 2 is 1.63 bits per heavy atom. The Kier molecular flexibility index (Phi) is 5.57. The number of methoxy groups -OCH3 is 2. The first-order chi connectivity index (χ1) is 13.0. The number of carbonyl (C=O) groups is 2. The van der Waals surface area contributed by atoms with Crippen molar-refractivity contribution in [1.82, 2.24) is 0 Å². The number of rotatable bonds is 7. The third-order valence-electron chi connectivity index (χ3n) is 4.19. The summed E-state index contributed by atoms with van der Waals surface area (Å²) < 4.78 is 10.9. The standard InChI is InChI=1S/C21H18O5S/c1-25-18-12-19(26-2)16(20-4-3-9-27-20)10-15(18)11-17(22)13-5-7-14(8-6-13)21(23)24/h3-10,12H,11H2,1-2H3,(H,23,24). The molecule has 6 heteroatoms. The summed E-state index contributed by atoms with van der Waals surface area (Å²) in [4.78, 5) is 24.7. The Balaban J connectivity index is 1.94. The molecule has 0 radical (unpaired) electrons. The van der Waals surface area contributed by atoms with Crippen molar-refractivity contribution in [3.63, 3.8) is 0 Å². The highest BCUT2D eigenvalue weighted by molar-refractivity contribution is 7.13. The van der Waals surface area contributed by atoms with E-state index in [-0.39, 0.29) is 17.8 Å². The third-order valence-corrected chi connectivity index (χ3v) is 5.10. The molecular formula is C21H18O5S. The van der Waals surface area contributed by atoms with Crippen LogP contribution in [0, 0.1) is 0 Å². The molecule has 3 aromatic rings. The lowest BCUT2D eigenvalue weighted by Crippen LogP contribution is -2.06. The molecule has 0 unspecified atom stereocenters. The van der Waals surface area contributed by atoms with Crippen LogP contribution in [0.15, 0.2) is 53.9 Å². The number of ketones is 1. The number of thiophene rings is 1. The minimum atomic E-state index is -1.02. The maximum Gasteiger partial charge on any atom is 0.335 e. The fourth-order valence-electron chi connectivity index (χ4n) is 2.80. The fraction of sp³-hybridized carbons (Fsp3) is 0.143. The van der Waals surface area contributed by atoms with Crippen molar-refractivity contribution in [2.75, 3.05) is 14.2 Å². The van der Waals surface area contributed by atoms with Crippen molar-refractivity contribution in [2.24, 2.45) is 0 Å². The van der Waals surface area contributed by atoms with Crippen LogP contribution in [0.4, 0.5) is 0 Å². The highest BCUT2D eigenvalue weighted by Gasteiger charge is 2.17. The van der Waals surface area contributed by atoms with E-state index in [0.717, 1.165) is 16.0 Å². The van der Waals surface area contributed by atoms with E-state index in [2.05, 4.69) is 0 Å². The Labute approximate surface area is 160 Å². The summed E-state index contributed by atoms with van der Waals surface area (Å²) in [6, 6.07) is 13.6. The molecule has 0 aliphatic rings. The minimum Gasteiger partial charge on any atom is -0.496 e. The molecule has 1 heterocycles. The lowest BCUT2D eigenvalue weighted by atomic mass is 9.98. The normalized spacial score (nSPS) is 10.4. The number of Topliss-reactive ketones (excluding diaryl/α,β-unsaturated/α-hetero) is 1. The van der Waals surface area contributed by atoms with Crippen molar-refractivity contribution >= 4 is 23.1 Å². The van der Waals surface area contributed by atoms with E-state index >= 15 is 0 Å². The minimum absolute atomic E-state index is 0.118. The maximum absolute atomic E-state index is 12.7. The smallest absolute Gasteiger partial charge is 0.335 e. The Hall–Kier alpha value is -3.12. The summed E-state index contributed by atoms with van der Waals surface area (Å²) in [5.41, 5.74) is 2.25. The highest BCUT2D eigenvalue weighted by Crippen LogP contribution is 2.38. The number of hydrogen-bond donors (Lipinski definition) is 1. The fourth-order valence-corrected chi connectivity index (χ4v) is 3.55. The van der Waals surface area contributed by atoms with E-state index in [1.807, 2.05) is 23.6 Å². The monoisotopic (exact) mass is 382 g/mol. The van der Waals surface area contributed by atoms with Crippen molar-refractivity contribution in [3.8, 4) is 21.9 Å². The van der Waals surface area contributed by atoms with Crippen molar-refractivity contribution in [1.29, 1.82) is 0 Å². The lowest BCUT2D eigenvalue weighted by molar-refractivity contribution is 0.0696. The van der Waals surface area contributed by atoms with Crippen molar-refractivity contribution in [2.45, 2.75) is 6.42 Å². The van der Waals surface area contributed by atoms with Gasteiger partial charge in [-0.05, 0) is 29.6 Å². The Bertz CT molecular complexity index is 959. The van der Waals surface area contributed by atoms with Gasteiger partial charge in [-0.25, -0.2) is 4.79 Å². The van der Waals surface area contributed by atoms with Gasteiger partial charge in [-0.1, -0.05) is 18.2 Å². The van der Waals surface area contributed by atoms with E-state index < -0.39 is 5.97 Å². The summed E-state index contributed by atoms with van der Waals surface area (Å²) in [7, 11) is 3.15. The molecule has 0 aliphatic carbocycles. The number of carboxylic acids is 1. The molecule has 0 saturated heterocycles. The molecule has 0 amide bonds. The van der Waals surface area contributed by atoms with Gasteiger partial charge in [0.25, 0.3) is 0 Å². The molecule has 1 aromatic heterocycles. The molecule has 0 atom stereocenters. The summed E-state index contributed by atoms with van der Waals surface area (Å²) in [5, 5.41) is 11.0. The molecular weight excluding hydrogens is 364 g/mol. The quantitative estimate of drug-likeness (QED) is 0.607. The topological polar surface area (TPSA) is 72.8 Å². The van der Waals surface area contributed by atoms with E-state index in [9.17, 15) is 9.59 Å². The van der Waals surface area contributed by atoms with Crippen LogP contribution in [-0.2, 0) is 6.42 Å². The molecule has 27 heavy (non-hydrogen) atoms. The van der Waals surface area contributed by atoms with Crippen molar-refractivity contribution in [3.05, 3.63) is 70.6 Å². The number of aromatic carboxylic acids is 1. The molecule has 0 saturated carbocycles. The first-order valence-corrected chi connectivity index (χ1v) is 9.06. The van der Waals surface area contributed by atoms with Gasteiger partial charge in [0.1, 0.15) is 11.5 Å². The molecule has 0 bridgehead atoms. The van der Waals surface area contributed by atoms with Gasteiger partial charge >= 0.3 is 5.97 Å². The molecule has 0 fully saturated rings. The zero-order valence-electron chi connectivity index (χ0n) is 14.9. The van der Waals surface area contributed by atoms with Gasteiger partial charge in [0.15, 0.2) is 5.78 Å². The second kappa shape index (κ2) is 8.05. The third kappa shape index (κ3) is 4.01. The van der Waals surface area contributed by atoms with Crippen LogP contribution in [0.5, 0.6) is 11.5 Å². The van der Waals surface area contributed by atoms with Crippen LogP contribution in [0.2, 0.25) is 0 Å². The lowest BCUT2D eigenvalue weighted by Gasteiger charge is -2.14. The van der Waals surface area contributed by atoms with Gasteiger partial charge in [0.05, 0.1) is 19.8 Å². The number of carbonyl (C=O) groups excluding carboxylic acids is 1. The molecule has 138 valence electrons. The summed E-state index contributed by atoms with van der Waals surface area (Å²) in [6.45, 7) is 0. The Morgan fingerprint density at radius 1 is 0.963 bits per heavy atom. The van der Waals surface area contributed by atoms with Gasteiger partial charge in [-0.3, -0.25) is 4.79 Å². The highest BCUT2D eigenvalue weighted by atomic mass is 32.1. The number of ether oxygens (including phenoxy) is 2. The Morgan fingerprint density at radius 3 is 2.19 bits per heavy atom. The molecule has 5 nitrogen and oxygen atoms in total. The van der Waals surface area contributed by atoms with Gasteiger partial charge < -0.3 is 14.6 Å². The maximum atomic E-state index is 12.7. The average Bonchev–Trinajstić information content (AvgIpc) is 3.22. The van der Waals surface area contributed by atoms with Crippen LogP contribution in [0.3, 0.4) is 0 Å². The second-order valence-corrected chi connectivity index (χ2v) is 6.77. The largest absolute Gasteiger partial charge is 0.496 e. The van der Waals surface area contributed by atoms with Crippen molar-refractivity contribution < 1.29 is 24.2 Å². The van der Waals surface area contributed by atoms with Gasteiger partial charge in [0, 0.05) is 34.1 Å². The van der Waals surface area contributed by atoms with Gasteiger partial charge in [-0.15, -0.1) is 11.3 Å². The van der Waals surface area contributed by atoms with Crippen LogP contribution in [-0.4, -0.2) is 31.1 Å². The molecule has 0 spiro atoms. The molecule has 3 rings (SSSR count). The molecule has 2 aromatic carbocycles. The summed E-state index contributed by atoms with van der Waals surface area (Å²) in [6.07, 6.45) is 0.137. The summed E-state index contributed by atoms with van der Waals surface area (Å²) >= 11 is 1.59. The van der Waals surface area contributed by atoms with Crippen LogP contribution >= 0.6 is 11.3 Å². The second-order valence-electron chi connectivity index (χ2n) is 5.82. The molecule has 0 aliphatic heterocycles. The van der Waals surface area contributed by atoms with E-state index in [1.54, 1.807) is 31.6 Å². The first kappa shape index (κ1) is 18.7. The van der Waals surface area contributed by atoms with E-state index in [4.69, 9.17) is 14.6 Å². The first-order valence-electron chi connectivity index (χ1n) is 8.18. The van der Waals surface area contributed by atoms with E-state index in [0.29, 0.717) is 17.1 Å². The van der Waals surface area contributed by atoms with Gasteiger partial charge in [-0.2, -0.15) is 0 Å². The predicted octanol–water partition coefficient (Wildman–Crippen LogP) is 4.56.